The van der Waals surface area contributed by atoms with Gasteiger partial charge in [-0.25, -0.2) is 0 Å². The molecule has 2 heterocycles. The number of nitrogens with one attached hydrogen (secondary N) is 2. The number of rotatable bonds is 7. The molecule has 0 spiro atoms. The quantitative estimate of drug-likeness (QED) is 0.312. The molecule has 2 saturated heterocycles. The normalized spacial score (nSPS) is 24.0. The van der Waals surface area contributed by atoms with Gasteiger partial charge in [-0.2, -0.15) is 0 Å². The van der Waals surface area contributed by atoms with Crippen LogP contribution in [0.2, 0.25) is 0 Å². The maximum Gasteiger partial charge on any atom is 0.191 e. The van der Waals surface area contributed by atoms with Crippen molar-refractivity contribution in [2.75, 3.05) is 46.5 Å². The van der Waals surface area contributed by atoms with Gasteiger partial charge in [0.15, 0.2) is 5.96 Å². The molecule has 2 aliphatic heterocycles. The molecule has 0 saturated carbocycles. The van der Waals surface area contributed by atoms with Crippen LogP contribution in [0, 0.1) is 5.92 Å². The van der Waals surface area contributed by atoms with Gasteiger partial charge in [-0.15, -0.1) is 24.0 Å². The van der Waals surface area contributed by atoms with Crippen LogP contribution in [0.15, 0.2) is 29.3 Å². The van der Waals surface area contributed by atoms with Crippen LogP contribution < -0.4 is 15.4 Å². The Morgan fingerprint density at radius 3 is 2.45 bits per heavy atom. The Morgan fingerprint density at radius 1 is 1.23 bits per heavy atom. The van der Waals surface area contributed by atoms with Crippen LogP contribution in [0.4, 0.5) is 0 Å². The van der Waals surface area contributed by atoms with Gasteiger partial charge >= 0.3 is 0 Å². The van der Waals surface area contributed by atoms with E-state index in [4.69, 9.17) is 14.5 Å². The molecule has 2 N–H and O–H groups in total. The molecule has 1 aromatic carbocycles. The highest BCUT2D eigenvalue weighted by molar-refractivity contribution is 14.0. The summed E-state index contributed by atoms with van der Waals surface area (Å²) in [4.78, 5) is 7.63. The van der Waals surface area contributed by atoms with Crippen LogP contribution in [-0.2, 0) is 10.2 Å². The van der Waals surface area contributed by atoms with Crippen LogP contribution in [0.3, 0.4) is 0 Å². The molecule has 31 heavy (non-hydrogen) atoms. The summed E-state index contributed by atoms with van der Waals surface area (Å²) >= 11 is 0. The molecule has 0 amide bonds. The molecule has 3 rings (SSSR count). The fourth-order valence-corrected chi connectivity index (χ4v) is 4.58. The summed E-state index contributed by atoms with van der Waals surface area (Å²) in [5.74, 6) is 2.43. The van der Waals surface area contributed by atoms with Crippen molar-refractivity contribution in [1.82, 2.24) is 15.5 Å². The van der Waals surface area contributed by atoms with Gasteiger partial charge in [0.2, 0.25) is 0 Å². The minimum absolute atomic E-state index is 0. The first-order valence-corrected chi connectivity index (χ1v) is 11.5. The molecule has 2 atom stereocenters. The lowest BCUT2D eigenvalue weighted by atomic mass is 9.74. The van der Waals surface area contributed by atoms with E-state index >= 15 is 0 Å². The smallest absolute Gasteiger partial charge is 0.191 e. The van der Waals surface area contributed by atoms with Gasteiger partial charge in [-0.3, -0.25) is 9.89 Å². The highest BCUT2D eigenvalue weighted by Crippen LogP contribution is 2.36. The molecule has 0 radical (unpaired) electrons. The lowest BCUT2D eigenvalue weighted by Crippen LogP contribution is -2.47. The molecule has 176 valence electrons. The van der Waals surface area contributed by atoms with Gasteiger partial charge in [0.25, 0.3) is 0 Å². The summed E-state index contributed by atoms with van der Waals surface area (Å²) < 4.78 is 11.0. The number of hydrogen-bond donors (Lipinski definition) is 2. The Morgan fingerprint density at radius 2 is 1.90 bits per heavy atom. The molecular formula is C24H41IN4O2. The molecule has 2 aliphatic rings. The SMILES string of the molecule is CCNC(=NCC1(c2ccc(OC)cc2)CCOCC1)NC1CN(C(C)C)CC1C.I. The number of methoxy groups -OCH3 is 1. The highest BCUT2D eigenvalue weighted by Gasteiger charge is 2.35. The van der Waals surface area contributed by atoms with Crippen LogP contribution in [-0.4, -0.2) is 69.4 Å². The third kappa shape index (κ3) is 6.71. The number of halogens is 1. The number of nitrogens with zero attached hydrogens (tertiary/aromatic N) is 2. The standard InChI is InChI=1S/C24H40N4O2.HI/c1-6-25-23(27-22-16-28(18(2)3)15-19(22)4)26-17-24(11-13-30-14-12-24)20-7-9-21(29-5)10-8-20;/h7-10,18-19,22H,6,11-17H2,1-5H3,(H2,25,26,27);1H. The molecule has 1 aromatic rings. The zero-order chi connectivity index (χ0) is 21.6. The van der Waals surface area contributed by atoms with E-state index in [1.165, 1.54) is 5.56 Å². The Bertz CT molecular complexity index is 689. The first-order valence-electron chi connectivity index (χ1n) is 11.5. The van der Waals surface area contributed by atoms with Crippen LogP contribution in [0.25, 0.3) is 0 Å². The van der Waals surface area contributed by atoms with Gasteiger partial charge in [0.1, 0.15) is 5.75 Å². The van der Waals surface area contributed by atoms with E-state index in [9.17, 15) is 0 Å². The van der Waals surface area contributed by atoms with E-state index in [-0.39, 0.29) is 29.4 Å². The van der Waals surface area contributed by atoms with Crippen molar-refractivity contribution < 1.29 is 9.47 Å². The predicted octanol–water partition coefficient (Wildman–Crippen LogP) is 3.65. The summed E-state index contributed by atoms with van der Waals surface area (Å²) in [5, 5.41) is 7.19. The zero-order valence-electron chi connectivity index (χ0n) is 19.8. The number of aliphatic imine (C=N–C) groups is 1. The zero-order valence-corrected chi connectivity index (χ0v) is 22.1. The average Bonchev–Trinajstić information content (AvgIpc) is 3.13. The van der Waals surface area contributed by atoms with Crippen molar-refractivity contribution in [2.45, 2.75) is 58.0 Å². The number of benzene rings is 1. The Labute approximate surface area is 205 Å². The Kier molecular flexibility index (Phi) is 10.4. The van der Waals surface area contributed by atoms with Crippen molar-refractivity contribution in [2.24, 2.45) is 10.9 Å². The molecular weight excluding hydrogens is 503 g/mol. The van der Waals surface area contributed by atoms with Gasteiger partial charge < -0.3 is 20.1 Å². The fourth-order valence-electron chi connectivity index (χ4n) is 4.58. The van der Waals surface area contributed by atoms with Crippen molar-refractivity contribution in [3.8, 4) is 5.75 Å². The summed E-state index contributed by atoms with van der Waals surface area (Å²) in [6.45, 7) is 14.4. The van der Waals surface area contributed by atoms with Crippen molar-refractivity contribution in [3.05, 3.63) is 29.8 Å². The summed E-state index contributed by atoms with van der Waals surface area (Å²) in [7, 11) is 1.71. The first kappa shape index (κ1) is 26.2. The number of hydrogen-bond acceptors (Lipinski definition) is 4. The van der Waals surface area contributed by atoms with E-state index in [0.29, 0.717) is 18.0 Å². The molecule has 0 aromatic heterocycles. The van der Waals surface area contributed by atoms with Crippen LogP contribution in [0.5, 0.6) is 5.75 Å². The third-order valence-corrected chi connectivity index (χ3v) is 6.73. The second kappa shape index (κ2) is 12.3. The average molecular weight is 545 g/mol. The van der Waals surface area contributed by atoms with E-state index in [0.717, 1.165) is 63.9 Å². The third-order valence-electron chi connectivity index (χ3n) is 6.73. The first-order chi connectivity index (χ1) is 14.5. The van der Waals surface area contributed by atoms with E-state index in [2.05, 4.69) is 67.5 Å². The maximum atomic E-state index is 5.69. The van der Waals surface area contributed by atoms with Crippen LogP contribution in [0.1, 0.15) is 46.1 Å². The Balaban J connectivity index is 0.00000341. The maximum absolute atomic E-state index is 5.69. The van der Waals surface area contributed by atoms with Gasteiger partial charge in [-0.1, -0.05) is 19.1 Å². The van der Waals surface area contributed by atoms with Crippen molar-refractivity contribution in [1.29, 1.82) is 0 Å². The van der Waals surface area contributed by atoms with Gasteiger partial charge in [0, 0.05) is 50.3 Å². The minimum atomic E-state index is 0. The number of guanidine groups is 1. The van der Waals surface area contributed by atoms with E-state index in [1.54, 1.807) is 7.11 Å². The fraction of sp³-hybridized carbons (Fsp3) is 0.708. The van der Waals surface area contributed by atoms with Crippen LogP contribution >= 0.6 is 24.0 Å². The largest absolute Gasteiger partial charge is 0.497 e. The summed E-state index contributed by atoms with van der Waals surface area (Å²) in [5.41, 5.74) is 1.34. The lowest BCUT2D eigenvalue weighted by Gasteiger charge is -2.37. The highest BCUT2D eigenvalue weighted by atomic mass is 127. The van der Waals surface area contributed by atoms with Crippen molar-refractivity contribution >= 4 is 29.9 Å². The van der Waals surface area contributed by atoms with Gasteiger partial charge in [-0.05, 0) is 57.2 Å². The molecule has 7 heteroatoms. The molecule has 0 bridgehead atoms. The molecule has 6 nitrogen and oxygen atoms in total. The number of ether oxygens (including phenoxy) is 2. The van der Waals surface area contributed by atoms with E-state index in [1.807, 2.05) is 0 Å². The van der Waals surface area contributed by atoms with Crippen molar-refractivity contribution in [3.63, 3.8) is 0 Å². The second-order valence-corrected chi connectivity index (χ2v) is 9.09. The summed E-state index contributed by atoms with van der Waals surface area (Å²) in [6, 6.07) is 9.51. The van der Waals surface area contributed by atoms with Gasteiger partial charge in [0.05, 0.1) is 13.7 Å². The van der Waals surface area contributed by atoms with E-state index < -0.39 is 0 Å². The summed E-state index contributed by atoms with van der Waals surface area (Å²) in [6.07, 6.45) is 1.98. The lowest BCUT2D eigenvalue weighted by molar-refractivity contribution is 0.0531. The molecule has 0 aliphatic carbocycles. The monoisotopic (exact) mass is 544 g/mol. The Hall–Kier alpha value is -1.06. The topological polar surface area (TPSA) is 58.1 Å². The molecule has 2 fully saturated rings. The number of likely N-dealkylation sites (tertiary alicyclic amines) is 1. The molecule has 2 unspecified atom stereocenters. The minimum Gasteiger partial charge on any atom is -0.497 e. The second-order valence-electron chi connectivity index (χ2n) is 9.09. The predicted molar refractivity (Wildman–Crippen MR) is 139 cm³/mol.